The number of hydrogen-bond donors (Lipinski definition) is 2. The van der Waals surface area contributed by atoms with Crippen molar-refractivity contribution in [1.82, 2.24) is 0 Å². The first-order chi connectivity index (χ1) is 21.8. The van der Waals surface area contributed by atoms with Crippen LogP contribution < -0.4 is 4.74 Å². The highest BCUT2D eigenvalue weighted by Gasteiger charge is 2.75. The predicted octanol–water partition coefficient (Wildman–Crippen LogP) is 6.89. The normalized spacial score (nSPS) is 34.4. The Kier molecular flexibility index (Phi) is 8.11. The number of nitrogens with zero attached hydrogens (tertiary/aromatic N) is 1. The van der Waals surface area contributed by atoms with Crippen molar-refractivity contribution < 1.29 is 38.5 Å². The van der Waals surface area contributed by atoms with Gasteiger partial charge in [-0.05, 0) is 93.5 Å². The Morgan fingerprint density at radius 2 is 1.85 bits per heavy atom. The number of allylic oxidation sites excluding steroid dienone is 4. The van der Waals surface area contributed by atoms with Crippen LogP contribution in [0.4, 0.5) is 4.39 Å². The molecule has 0 spiro atoms. The number of ether oxygens (including phenoxy) is 2. The van der Waals surface area contributed by atoms with E-state index in [9.17, 15) is 29.9 Å². The molecule has 7 atom stereocenters. The van der Waals surface area contributed by atoms with Crippen LogP contribution in [0.2, 0.25) is 5.02 Å². The minimum absolute atomic E-state index is 0.117. The number of ketones is 1. The number of fused-ring (bicyclic) bond motifs is 5. The third-order valence-corrected chi connectivity index (χ3v) is 12.1. The van der Waals surface area contributed by atoms with Gasteiger partial charge in [0.1, 0.15) is 17.2 Å². The summed E-state index contributed by atoms with van der Waals surface area (Å²) in [5.41, 5.74) is -5.35. The lowest BCUT2D eigenvalue weighted by Crippen LogP contribution is -2.69. The van der Waals surface area contributed by atoms with Gasteiger partial charge in [0.25, 0.3) is 0 Å². The van der Waals surface area contributed by atoms with E-state index in [2.05, 4.69) is 0 Å². The number of aliphatic hydroxyl groups excluding tert-OH is 1. The number of aliphatic hydroxyl groups is 1. The molecule has 2 aromatic carbocycles. The standard InChI is InChI=1S/C35H33ClFNO7S/c1-32-13-11-22(39)17-21(32)5-9-26-25-12-14-34(31(43)46-16-15-38,33(25,2)19-29(41)35(26,32)37)45-30(42)20-3-6-23(7-4-20)44-24-8-10-27(36)28(40)18-24/h3-4,6-8,10-11,13,17-18,25-26,29,40-41H,5,9,12,14,16,19H2,1-2H3/t25-,26-,29-,32-,33-,34-,35-/m0/s1. The summed E-state index contributed by atoms with van der Waals surface area (Å²) >= 11 is 6.62. The van der Waals surface area contributed by atoms with Gasteiger partial charge in [-0.1, -0.05) is 41.9 Å². The molecule has 0 radical (unpaired) electrons. The number of phenols is 1. The molecule has 4 aliphatic rings. The zero-order valence-corrected chi connectivity index (χ0v) is 26.9. The summed E-state index contributed by atoms with van der Waals surface area (Å²) in [6.07, 6.45) is 4.06. The minimum Gasteiger partial charge on any atom is -0.506 e. The molecule has 0 amide bonds. The Bertz CT molecular complexity index is 1720. The maximum absolute atomic E-state index is 17.6. The van der Waals surface area contributed by atoms with E-state index < -0.39 is 51.1 Å². The molecule has 8 nitrogen and oxygen atoms in total. The number of thioether (sulfide) groups is 1. The number of carbonyl (C=O) groups excluding carboxylic acids is 3. The van der Waals surface area contributed by atoms with Gasteiger partial charge in [0.15, 0.2) is 17.1 Å². The number of aromatic hydroxyl groups is 1. The zero-order chi connectivity index (χ0) is 33.1. The first kappa shape index (κ1) is 32.3. The SMILES string of the molecule is C[C@]12C=CC(=O)C=C1CC[C@H]1[C@@H]3CC[C@](OC(=O)c4ccc(Oc5ccc(Cl)c(O)c5)cc4)(C(=O)SCC#N)[C@@]3(C)C[C@H](O)[C@@]12F. The lowest BCUT2D eigenvalue weighted by atomic mass is 9.45. The molecule has 240 valence electrons. The number of rotatable bonds is 6. The topological polar surface area (TPSA) is 134 Å². The van der Waals surface area contributed by atoms with Crippen LogP contribution in [0, 0.1) is 34.0 Å². The van der Waals surface area contributed by atoms with E-state index >= 15 is 4.39 Å². The van der Waals surface area contributed by atoms with Gasteiger partial charge >= 0.3 is 5.97 Å². The zero-order valence-electron chi connectivity index (χ0n) is 25.3. The van der Waals surface area contributed by atoms with Crippen molar-refractivity contribution in [1.29, 1.82) is 5.26 Å². The van der Waals surface area contributed by atoms with Crippen LogP contribution in [-0.2, 0) is 14.3 Å². The molecule has 2 aromatic rings. The first-order valence-electron chi connectivity index (χ1n) is 15.1. The smallest absolute Gasteiger partial charge is 0.339 e. The molecule has 2 N–H and O–H groups in total. The second-order valence-corrected chi connectivity index (χ2v) is 14.3. The molecule has 0 bridgehead atoms. The molecule has 0 aromatic heterocycles. The fraction of sp³-hybridized carbons (Fsp3) is 0.429. The molecular weight excluding hydrogens is 633 g/mol. The molecule has 6 rings (SSSR count). The number of halogens is 2. The average Bonchev–Trinajstić information content (AvgIpc) is 3.31. The average molecular weight is 666 g/mol. The van der Waals surface area contributed by atoms with Crippen LogP contribution >= 0.6 is 23.4 Å². The van der Waals surface area contributed by atoms with Gasteiger partial charge in [-0.3, -0.25) is 9.59 Å². The summed E-state index contributed by atoms with van der Waals surface area (Å²) in [6, 6.07) is 12.4. The summed E-state index contributed by atoms with van der Waals surface area (Å²) < 4.78 is 29.5. The first-order valence-corrected chi connectivity index (χ1v) is 16.5. The van der Waals surface area contributed by atoms with Crippen LogP contribution in [0.3, 0.4) is 0 Å². The van der Waals surface area contributed by atoms with E-state index in [1.807, 2.05) is 6.07 Å². The van der Waals surface area contributed by atoms with Crippen molar-refractivity contribution in [3.63, 3.8) is 0 Å². The number of hydrogen-bond acceptors (Lipinski definition) is 9. The Balaban J connectivity index is 1.31. The van der Waals surface area contributed by atoms with E-state index in [-0.39, 0.29) is 40.7 Å². The van der Waals surface area contributed by atoms with E-state index in [1.54, 1.807) is 38.1 Å². The number of benzene rings is 2. The van der Waals surface area contributed by atoms with Gasteiger partial charge in [0.2, 0.25) is 5.12 Å². The maximum atomic E-state index is 17.6. The third kappa shape index (κ3) is 4.78. The van der Waals surface area contributed by atoms with Crippen molar-refractivity contribution >= 4 is 40.2 Å². The summed E-state index contributed by atoms with van der Waals surface area (Å²) in [5.74, 6) is -1.67. The number of esters is 1. The van der Waals surface area contributed by atoms with Crippen LogP contribution in [0.15, 0.2) is 66.3 Å². The summed E-state index contributed by atoms with van der Waals surface area (Å²) in [4.78, 5) is 39.9. The van der Waals surface area contributed by atoms with Crippen molar-refractivity contribution in [2.45, 2.75) is 63.3 Å². The van der Waals surface area contributed by atoms with Gasteiger partial charge in [0, 0.05) is 22.8 Å². The number of alkyl halides is 1. The van der Waals surface area contributed by atoms with E-state index in [1.165, 1.54) is 36.4 Å². The lowest BCUT2D eigenvalue weighted by Gasteiger charge is -2.62. The van der Waals surface area contributed by atoms with Crippen molar-refractivity contribution in [3.05, 3.63) is 76.9 Å². The molecule has 3 saturated carbocycles. The second kappa shape index (κ2) is 11.5. The van der Waals surface area contributed by atoms with Gasteiger partial charge in [-0.25, -0.2) is 9.18 Å². The lowest BCUT2D eigenvalue weighted by molar-refractivity contribution is -0.214. The molecule has 0 saturated heterocycles. The predicted molar refractivity (Wildman–Crippen MR) is 169 cm³/mol. The van der Waals surface area contributed by atoms with Crippen molar-refractivity contribution in [3.8, 4) is 23.3 Å². The number of carbonyl (C=O) groups is 3. The van der Waals surface area contributed by atoms with E-state index in [4.69, 9.17) is 21.1 Å². The van der Waals surface area contributed by atoms with E-state index in [0.717, 1.165) is 11.8 Å². The molecule has 4 aliphatic carbocycles. The van der Waals surface area contributed by atoms with Gasteiger partial charge in [-0.15, -0.1) is 0 Å². The van der Waals surface area contributed by atoms with E-state index in [0.29, 0.717) is 36.3 Å². The Morgan fingerprint density at radius 3 is 2.54 bits per heavy atom. The van der Waals surface area contributed by atoms with Crippen molar-refractivity contribution in [2.24, 2.45) is 22.7 Å². The molecule has 46 heavy (non-hydrogen) atoms. The van der Waals surface area contributed by atoms with Crippen molar-refractivity contribution in [2.75, 3.05) is 5.75 Å². The molecular formula is C35H33ClFNO7S. The minimum atomic E-state index is -2.10. The van der Waals surface area contributed by atoms with Gasteiger partial charge < -0.3 is 19.7 Å². The van der Waals surface area contributed by atoms with Crippen LogP contribution in [0.25, 0.3) is 0 Å². The van der Waals surface area contributed by atoms with Gasteiger partial charge in [-0.2, -0.15) is 5.26 Å². The Hall–Kier alpha value is -3.65. The summed E-state index contributed by atoms with van der Waals surface area (Å²) in [5, 5.41) is 30.5. The maximum Gasteiger partial charge on any atom is 0.339 e. The second-order valence-electron chi connectivity index (χ2n) is 13.0. The molecule has 0 unspecified atom stereocenters. The largest absolute Gasteiger partial charge is 0.506 e. The highest BCUT2D eigenvalue weighted by atomic mass is 35.5. The monoisotopic (exact) mass is 665 g/mol. The summed E-state index contributed by atoms with van der Waals surface area (Å²) in [7, 11) is 0. The van der Waals surface area contributed by atoms with Crippen LogP contribution in [0.1, 0.15) is 56.3 Å². The molecule has 0 heterocycles. The Morgan fingerprint density at radius 1 is 1.13 bits per heavy atom. The summed E-state index contributed by atoms with van der Waals surface area (Å²) in [6.45, 7) is 3.51. The third-order valence-electron chi connectivity index (χ3n) is 10.9. The highest BCUT2D eigenvalue weighted by molar-refractivity contribution is 8.14. The fourth-order valence-electron chi connectivity index (χ4n) is 8.53. The van der Waals surface area contributed by atoms with Gasteiger partial charge in [0.05, 0.1) is 28.5 Å². The molecule has 3 fully saturated rings. The van der Waals surface area contributed by atoms with Crippen LogP contribution in [0.5, 0.6) is 17.2 Å². The van der Waals surface area contributed by atoms with Crippen LogP contribution in [-0.4, -0.2) is 50.2 Å². The quantitative estimate of drug-likeness (QED) is 0.316. The Labute approximate surface area is 275 Å². The molecule has 0 aliphatic heterocycles. The fourth-order valence-corrected chi connectivity index (χ4v) is 9.45. The highest BCUT2D eigenvalue weighted by Crippen LogP contribution is 2.70. The number of nitriles is 1. The number of phenolic OH excluding ortho intramolecular Hbond substituents is 1. The molecule has 11 heteroatoms.